The number of nitrogens with zero attached hydrogens (tertiary/aromatic N) is 6. The molecule has 2 aliphatic carbocycles. The Bertz CT molecular complexity index is 4410. The van der Waals surface area contributed by atoms with Crippen LogP contribution in [0.3, 0.4) is 0 Å². The molecule has 2 aliphatic rings. The molecule has 0 bridgehead atoms. The average molecular weight is 1380 g/mol. The number of aromatic hydroxyl groups is 1. The van der Waals surface area contributed by atoms with Crippen molar-refractivity contribution in [3.05, 3.63) is 256 Å². The maximum Gasteiger partial charge on any atom is 0.488 e. The predicted molar refractivity (Wildman–Crippen MR) is 402 cm³/mol. The van der Waals surface area contributed by atoms with Crippen molar-refractivity contribution in [3.8, 4) is 62.1 Å². The number of para-hydroxylation sites is 1. The van der Waals surface area contributed by atoms with Crippen LogP contribution in [0.5, 0.6) is 11.5 Å². The molecular formula is C81H91BBr2N6O4. The van der Waals surface area contributed by atoms with Crippen molar-refractivity contribution in [1.82, 2.24) is 29.1 Å². The number of hydrogen-bond acceptors (Lipinski definition) is 7. The Kier molecular flexibility index (Phi) is 24.9. The third-order valence-corrected chi connectivity index (χ3v) is 19.0. The molecule has 13 heteroatoms. The van der Waals surface area contributed by atoms with E-state index in [2.05, 4.69) is 201 Å². The molecule has 14 rings (SSSR count). The van der Waals surface area contributed by atoms with E-state index in [1.807, 2.05) is 90.0 Å². The molecule has 0 radical (unpaired) electrons. The van der Waals surface area contributed by atoms with Crippen LogP contribution >= 0.6 is 31.9 Å². The summed E-state index contributed by atoms with van der Waals surface area (Å²) in [6.45, 7) is 9.06. The van der Waals surface area contributed by atoms with Crippen molar-refractivity contribution in [2.24, 2.45) is 0 Å². The van der Waals surface area contributed by atoms with Gasteiger partial charge >= 0.3 is 7.12 Å². The summed E-state index contributed by atoms with van der Waals surface area (Å²) in [4.78, 5) is 4.50. The number of hydrogen-bond donors (Lipinski definition) is 3. The molecule has 4 heterocycles. The van der Waals surface area contributed by atoms with Gasteiger partial charge in [0.25, 0.3) is 0 Å². The molecule has 0 saturated carbocycles. The number of halogens is 2. The number of methoxy groups -OCH3 is 1. The third-order valence-electron chi connectivity index (χ3n) is 18.1. The molecule has 12 aromatic rings. The second-order valence-electron chi connectivity index (χ2n) is 23.8. The number of benzene rings is 8. The second kappa shape index (κ2) is 32.7. The van der Waals surface area contributed by atoms with Gasteiger partial charge in [0.15, 0.2) is 0 Å². The van der Waals surface area contributed by atoms with Gasteiger partial charge < -0.3 is 19.9 Å². The third kappa shape index (κ3) is 14.9. The minimum atomic E-state index is -1.41. The van der Waals surface area contributed by atoms with Crippen LogP contribution in [0.25, 0.3) is 72.4 Å². The van der Waals surface area contributed by atoms with Gasteiger partial charge in [0.1, 0.15) is 17.3 Å². The fourth-order valence-corrected chi connectivity index (χ4v) is 14.3. The van der Waals surface area contributed by atoms with Gasteiger partial charge in [-0.2, -0.15) is 10.2 Å². The van der Waals surface area contributed by atoms with Crippen LogP contribution in [-0.2, 0) is 10.8 Å². The Labute approximate surface area is 574 Å². The Morgan fingerprint density at radius 1 is 0.468 bits per heavy atom. The fraction of sp³-hybridized carbons (Fsp3) is 0.272. The Hall–Kier alpha value is -8.33. The monoisotopic (exact) mass is 1380 g/mol. The standard InChI is InChI=1S/C30H32N2O.C21H27BO2.C17H11BrN2.C10H9BrN2O.3CH4/c1-3-5-16-30(17-6-4-2)28-13-8-7-12-26(28)27-15-14-22(18-29(27)30)23-20-31-32(21-23)24-10-9-11-25(33)19-24;1-3-5-13-21(14-6-4-2)19-10-8-7-9-17(19)18-12-11-16(22(23)24)15-20(18)21;18-12-8-9-14-13-5-1-2-6-15(13)20(16(14)11-12)17-7-3-4-10-19-17;1-14-10-4-2-3-9(5-10)13-7-8(11)6-12-13;;;/h7-15,18-21,33H,3-6,16-17H2,1-2H3;7-12,15,23-24H,3-6,13-14H2,1-2H3;1-11H;2-7H,1H3;3*1H4. The van der Waals surface area contributed by atoms with Gasteiger partial charge in [-0.25, -0.2) is 14.3 Å². The average Bonchev–Trinajstić information content (AvgIpc) is 1.58. The molecule has 0 aliphatic heterocycles. The predicted octanol–water partition coefficient (Wildman–Crippen LogP) is 21.4. The van der Waals surface area contributed by atoms with Gasteiger partial charge in [-0.15, -0.1) is 0 Å². The Balaban J connectivity index is 0.000000166. The van der Waals surface area contributed by atoms with Crippen molar-refractivity contribution >= 4 is 66.2 Å². The van der Waals surface area contributed by atoms with Gasteiger partial charge in [0.2, 0.25) is 0 Å². The molecule has 94 heavy (non-hydrogen) atoms. The van der Waals surface area contributed by atoms with Gasteiger partial charge in [0.05, 0.1) is 46.4 Å². The maximum atomic E-state index is 9.85. The molecule has 0 fully saturated rings. The van der Waals surface area contributed by atoms with Gasteiger partial charge in [-0.05, 0) is 158 Å². The first kappa shape index (κ1) is 71.5. The summed E-state index contributed by atoms with van der Waals surface area (Å²) in [5.74, 6) is 2.02. The lowest BCUT2D eigenvalue weighted by Crippen LogP contribution is -2.32. The van der Waals surface area contributed by atoms with Crippen LogP contribution in [0.2, 0.25) is 0 Å². The van der Waals surface area contributed by atoms with Crippen LogP contribution in [-0.4, -0.2) is 58.5 Å². The number of phenolic OH excluding ortho intramolecular Hbond substituents is 1. The molecule has 0 atom stereocenters. The molecule has 3 N–H and O–H groups in total. The van der Waals surface area contributed by atoms with E-state index in [4.69, 9.17) is 4.74 Å². The van der Waals surface area contributed by atoms with Gasteiger partial charge in [0, 0.05) is 62.4 Å². The molecular weight excluding hydrogens is 1290 g/mol. The summed E-state index contributed by atoms with van der Waals surface area (Å²) in [7, 11) is 0.243. The van der Waals surface area contributed by atoms with E-state index in [0.717, 1.165) is 50.3 Å². The second-order valence-corrected chi connectivity index (χ2v) is 25.6. The quantitative estimate of drug-likeness (QED) is 0.0731. The summed E-state index contributed by atoms with van der Waals surface area (Å²) < 4.78 is 13.0. The molecule has 486 valence electrons. The maximum absolute atomic E-state index is 9.85. The smallest absolute Gasteiger partial charge is 0.488 e. The molecule has 0 saturated heterocycles. The van der Waals surface area contributed by atoms with E-state index in [1.54, 1.807) is 30.1 Å². The fourth-order valence-electron chi connectivity index (χ4n) is 13.6. The van der Waals surface area contributed by atoms with E-state index in [0.29, 0.717) is 5.46 Å². The van der Waals surface area contributed by atoms with Crippen molar-refractivity contribution in [3.63, 3.8) is 0 Å². The zero-order valence-electron chi connectivity index (χ0n) is 52.6. The highest BCUT2D eigenvalue weighted by atomic mass is 79.9. The lowest BCUT2D eigenvalue weighted by Gasteiger charge is -2.33. The van der Waals surface area contributed by atoms with Crippen LogP contribution in [0.1, 0.15) is 149 Å². The van der Waals surface area contributed by atoms with E-state index in [1.165, 1.54) is 136 Å². The van der Waals surface area contributed by atoms with Crippen LogP contribution in [0.4, 0.5) is 0 Å². The molecule has 0 unspecified atom stereocenters. The van der Waals surface area contributed by atoms with E-state index >= 15 is 0 Å². The number of rotatable bonds is 18. The molecule has 0 amide bonds. The van der Waals surface area contributed by atoms with Crippen molar-refractivity contribution in [1.29, 1.82) is 0 Å². The highest BCUT2D eigenvalue weighted by Crippen LogP contribution is 2.56. The van der Waals surface area contributed by atoms with Crippen LogP contribution in [0.15, 0.2) is 234 Å². The molecule has 10 nitrogen and oxygen atoms in total. The number of phenols is 1. The lowest BCUT2D eigenvalue weighted by atomic mass is 9.69. The number of unbranched alkanes of at least 4 members (excludes halogenated alkanes) is 4. The molecule has 8 aromatic carbocycles. The van der Waals surface area contributed by atoms with Gasteiger partial charge in [-0.1, -0.05) is 239 Å². The van der Waals surface area contributed by atoms with E-state index in [-0.39, 0.29) is 38.9 Å². The van der Waals surface area contributed by atoms with Crippen molar-refractivity contribution in [2.75, 3.05) is 7.11 Å². The van der Waals surface area contributed by atoms with Crippen LogP contribution in [0, 0.1) is 0 Å². The zero-order valence-corrected chi connectivity index (χ0v) is 55.8. The minimum Gasteiger partial charge on any atom is -0.508 e. The topological polar surface area (TPSA) is 123 Å². The lowest BCUT2D eigenvalue weighted by molar-refractivity contribution is 0.413. The molecule has 4 aromatic heterocycles. The zero-order chi connectivity index (χ0) is 63.5. The number of pyridine rings is 1. The number of fused-ring (bicyclic) bond motifs is 9. The first-order valence-electron chi connectivity index (χ1n) is 32.1. The molecule has 0 spiro atoms. The highest BCUT2D eigenvalue weighted by Gasteiger charge is 2.43. The summed E-state index contributed by atoms with van der Waals surface area (Å²) in [6, 6.07) is 66.4. The van der Waals surface area contributed by atoms with Crippen LogP contribution < -0.4 is 10.2 Å². The van der Waals surface area contributed by atoms with E-state index < -0.39 is 7.12 Å². The Morgan fingerprint density at radius 3 is 1.60 bits per heavy atom. The summed E-state index contributed by atoms with van der Waals surface area (Å²) in [5, 5.41) is 40.4. The van der Waals surface area contributed by atoms with Crippen molar-refractivity contribution in [2.45, 2.75) is 138 Å². The summed E-state index contributed by atoms with van der Waals surface area (Å²) >= 11 is 6.91. The number of ether oxygens (including phenoxy) is 1. The first-order chi connectivity index (χ1) is 44.4. The summed E-state index contributed by atoms with van der Waals surface area (Å²) in [6.07, 6.45) is 23.7. The van der Waals surface area contributed by atoms with Crippen molar-refractivity contribution < 1.29 is 19.9 Å². The number of aromatic nitrogens is 6. The minimum absolute atomic E-state index is 0. The normalized spacial score (nSPS) is 12.4. The summed E-state index contributed by atoms with van der Waals surface area (Å²) in [5.41, 5.74) is 18.3. The largest absolute Gasteiger partial charge is 0.508 e. The highest BCUT2D eigenvalue weighted by molar-refractivity contribution is 9.10. The van der Waals surface area contributed by atoms with E-state index in [9.17, 15) is 15.2 Å². The van der Waals surface area contributed by atoms with Gasteiger partial charge in [-0.3, -0.25) is 4.57 Å². The SMILES string of the molecule is Brc1ccc2c3ccccc3n(-c3ccccn3)c2c1.C.C.C.CCCCC1(CCCC)c2ccccc2-c2ccc(-c3cnn(-c4cccc(O)c4)c3)cc21.CCCCC1(CCCC)c2ccccc2-c2ccc(B(O)O)cc21.COc1cccc(-n2cc(Br)cn2)c1. The Morgan fingerprint density at radius 2 is 1.01 bits per heavy atom. The first-order valence-corrected chi connectivity index (χ1v) is 33.7.